The van der Waals surface area contributed by atoms with E-state index in [0.29, 0.717) is 6.04 Å². The molecule has 1 unspecified atom stereocenters. The minimum Gasteiger partial charge on any atom is -0.304 e. The zero-order valence-corrected chi connectivity index (χ0v) is 10.5. The minimum absolute atomic E-state index is 0.389. The number of hydrogen-bond acceptors (Lipinski definition) is 4. The Labute approximate surface area is 98.0 Å². The van der Waals surface area contributed by atoms with Gasteiger partial charge in [0, 0.05) is 33.4 Å². The van der Waals surface area contributed by atoms with Crippen LogP contribution in [0.25, 0.3) is 0 Å². The minimum atomic E-state index is 0.389. The molecule has 0 saturated heterocycles. The lowest BCUT2D eigenvalue weighted by molar-refractivity contribution is 0.586. The molecule has 1 N–H and O–H groups in total. The third-order valence-corrected chi connectivity index (χ3v) is 4.22. The van der Waals surface area contributed by atoms with Gasteiger partial charge in [-0.15, -0.1) is 22.7 Å². The molecule has 4 heteroatoms. The molecule has 0 aromatic carbocycles. The molecule has 0 radical (unpaired) electrons. The van der Waals surface area contributed by atoms with E-state index >= 15 is 0 Å². The molecule has 80 valence electrons. The van der Waals surface area contributed by atoms with Crippen molar-refractivity contribution in [2.24, 2.45) is 0 Å². The van der Waals surface area contributed by atoms with Crippen molar-refractivity contribution >= 4 is 22.7 Å². The number of hydrogen-bond donors (Lipinski definition) is 1. The van der Waals surface area contributed by atoms with Crippen LogP contribution in [-0.2, 0) is 6.54 Å². The molecule has 15 heavy (non-hydrogen) atoms. The van der Waals surface area contributed by atoms with Crippen molar-refractivity contribution in [3.05, 3.63) is 38.5 Å². The van der Waals surface area contributed by atoms with Crippen LogP contribution in [0.15, 0.2) is 23.8 Å². The van der Waals surface area contributed by atoms with Crippen LogP contribution in [-0.4, -0.2) is 4.98 Å². The largest absolute Gasteiger partial charge is 0.304 e. The zero-order chi connectivity index (χ0) is 10.7. The summed E-state index contributed by atoms with van der Waals surface area (Å²) < 4.78 is 0. The third-order valence-electron chi connectivity index (χ3n) is 2.26. The molecule has 0 aliphatic rings. The van der Waals surface area contributed by atoms with Crippen molar-refractivity contribution in [1.82, 2.24) is 10.3 Å². The number of thiophene rings is 1. The molecule has 0 spiro atoms. The van der Waals surface area contributed by atoms with Crippen molar-refractivity contribution in [2.75, 3.05) is 0 Å². The summed E-state index contributed by atoms with van der Waals surface area (Å²) in [5, 5.41) is 3.50. The smallest absolute Gasteiger partial charge is 0.0794 e. The SMILES string of the molecule is Cc1ccc(CNC(C)c2cncs2)s1. The Hall–Kier alpha value is -0.710. The number of aromatic nitrogens is 1. The Morgan fingerprint density at radius 3 is 2.93 bits per heavy atom. The number of rotatable bonds is 4. The van der Waals surface area contributed by atoms with Crippen molar-refractivity contribution < 1.29 is 0 Å². The van der Waals surface area contributed by atoms with Gasteiger partial charge in [-0.2, -0.15) is 0 Å². The number of thiazole rings is 1. The molecule has 2 aromatic heterocycles. The maximum atomic E-state index is 4.08. The van der Waals surface area contributed by atoms with Crippen LogP contribution in [0.4, 0.5) is 0 Å². The molecule has 2 rings (SSSR count). The topological polar surface area (TPSA) is 24.9 Å². The van der Waals surface area contributed by atoms with Gasteiger partial charge >= 0.3 is 0 Å². The van der Waals surface area contributed by atoms with E-state index in [0.717, 1.165) is 6.54 Å². The van der Waals surface area contributed by atoms with Crippen LogP contribution in [0.1, 0.15) is 27.6 Å². The fourth-order valence-electron chi connectivity index (χ4n) is 1.37. The Balaban J connectivity index is 1.88. The summed E-state index contributed by atoms with van der Waals surface area (Å²) in [6, 6.07) is 4.74. The van der Waals surface area contributed by atoms with E-state index < -0.39 is 0 Å². The summed E-state index contributed by atoms with van der Waals surface area (Å²) in [5.74, 6) is 0. The van der Waals surface area contributed by atoms with Gasteiger partial charge in [-0.25, -0.2) is 0 Å². The van der Waals surface area contributed by atoms with Gasteiger partial charge in [-0.1, -0.05) is 0 Å². The zero-order valence-electron chi connectivity index (χ0n) is 8.86. The molecule has 0 bridgehead atoms. The molecule has 2 aromatic rings. The van der Waals surface area contributed by atoms with Gasteiger partial charge < -0.3 is 5.32 Å². The van der Waals surface area contributed by atoms with E-state index in [1.165, 1.54) is 14.6 Å². The Bertz CT molecular complexity index is 406. The third kappa shape index (κ3) is 2.87. The summed E-state index contributed by atoms with van der Waals surface area (Å²) in [7, 11) is 0. The second-order valence-corrected chi connectivity index (χ2v) is 5.81. The molecule has 0 aliphatic carbocycles. The van der Waals surface area contributed by atoms with Gasteiger partial charge in [0.05, 0.1) is 5.51 Å². The number of nitrogens with one attached hydrogen (secondary N) is 1. The van der Waals surface area contributed by atoms with Gasteiger partial charge in [0.2, 0.25) is 0 Å². The fraction of sp³-hybridized carbons (Fsp3) is 0.364. The first-order valence-electron chi connectivity index (χ1n) is 4.93. The summed E-state index contributed by atoms with van der Waals surface area (Å²) in [6.07, 6.45) is 1.93. The standard InChI is InChI=1S/C11H14N2S2/c1-8-3-4-10(15-8)5-13-9(2)11-6-12-7-14-11/h3-4,6-7,9,13H,5H2,1-2H3. The highest BCUT2D eigenvalue weighted by Gasteiger charge is 2.06. The molecule has 2 nitrogen and oxygen atoms in total. The van der Waals surface area contributed by atoms with E-state index in [-0.39, 0.29) is 0 Å². The Kier molecular flexibility index (Phi) is 3.51. The van der Waals surface area contributed by atoms with E-state index in [9.17, 15) is 0 Å². The predicted octanol–water partition coefficient (Wildman–Crippen LogP) is 3.36. The van der Waals surface area contributed by atoms with Gasteiger partial charge in [0.15, 0.2) is 0 Å². The second kappa shape index (κ2) is 4.88. The normalized spacial score (nSPS) is 12.9. The van der Waals surface area contributed by atoms with E-state index in [2.05, 4.69) is 36.3 Å². The lowest BCUT2D eigenvalue weighted by Crippen LogP contribution is -2.16. The first-order valence-corrected chi connectivity index (χ1v) is 6.62. The molecular formula is C11H14N2S2. The van der Waals surface area contributed by atoms with Gasteiger partial charge in [0.1, 0.15) is 0 Å². The van der Waals surface area contributed by atoms with Crippen LogP contribution in [0.3, 0.4) is 0 Å². The first kappa shape index (κ1) is 10.8. The monoisotopic (exact) mass is 238 g/mol. The fourth-order valence-corrected chi connectivity index (χ4v) is 2.87. The Morgan fingerprint density at radius 1 is 1.47 bits per heavy atom. The predicted molar refractivity (Wildman–Crippen MR) is 66.4 cm³/mol. The second-order valence-electron chi connectivity index (χ2n) is 3.52. The molecule has 0 aliphatic heterocycles. The van der Waals surface area contributed by atoms with E-state index in [4.69, 9.17) is 0 Å². The molecule has 0 fully saturated rings. The van der Waals surface area contributed by atoms with Crippen LogP contribution in [0.5, 0.6) is 0 Å². The quantitative estimate of drug-likeness (QED) is 0.883. The molecule has 2 heterocycles. The van der Waals surface area contributed by atoms with Gasteiger partial charge in [0.25, 0.3) is 0 Å². The van der Waals surface area contributed by atoms with Crippen LogP contribution < -0.4 is 5.32 Å². The molecule has 1 atom stereocenters. The van der Waals surface area contributed by atoms with E-state index in [1.54, 1.807) is 11.3 Å². The number of nitrogens with zero attached hydrogens (tertiary/aromatic N) is 1. The lowest BCUT2D eigenvalue weighted by Gasteiger charge is -2.09. The van der Waals surface area contributed by atoms with Crippen molar-refractivity contribution in [2.45, 2.75) is 26.4 Å². The number of aryl methyl sites for hydroxylation is 1. The van der Waals surface area contributed by atoms with Gasteiger partial charge in [-0.05, 0) is 26.0 Å². The summed E-state index contributed by atoms with van der Waals surface area (Å²) in [6.45, 7) is 5.26. The van der Waals surface area contributed by atoms with Crippen LogP contribution in [0, 0.1) is 6.92 Å². The maximum absolute atomic E-state index is 4.08. The summed E-state index contributed by atoms with van der Waals surface area (Å²) in [5.41, 5.74) is 1.88. The summed E-state index contributed by atoms with van der Waals surface area (Å²) in [4.78, 5) is 8.14. The van der Waals surface area contributed by atoms with Crippen molar-refractivity contribution in [3.8, 4) is 0 Å². The van der Waals surface area contributed by atoms with Crippen LogP contribution in [0.2, 0.25) is 0 Å². The van der Waals surface area contributed by atoms with Crippen molar-refractivity contribution in [1.29, 1.82) is 0 Å². The van der Waals surface area contributed by atoms with Crippen molar-refractivity contribution in [3.63, 3.8) is 0 Å². The maximum Gasteiger partial charge on any atom is 0.0794 e. The highest BCUT2D eigenvalue weighted by atomic mass is 32.1. The Morgan fingerprint density at radius 2 is 2.33 bits per heavy atom. The average molecular weight is 238 g/mol. The highest BCUT2D eigenvalue weighted by Crippen LogP contribution is 2.19. The molecule has 0 amide bonds. The van der Waals surface area contributed by atoms with Gasteiger partial charge in [-0.3, -0.25) is 4.98 Å². The summed E-state index contributed by atoms with van der Waals surface area (Å²) >= 11 is 3.55. The molecule has 0 saturated carbocycles. The first-order chi connectivity index (χ1) is 7.25. The average Bonchev–Trinajstić information content (AvgIpc) is 2.84. The van der Waals surface area contributed by atoms with E-state index in [1.807, 2.05) is 23.0 Å². The lowest BCUT2D eigenvalue weighted by atomic mass is 10.3. The molecular weight excluding hydrogens is 224 g/mol. The highest BCUT2D eigenvalue weighted by molar-refractivity contribution is 7.11. The van der Waals surface area contributed by atoms with Crippen LogP contribution >= 0.6 is 22.7 Å².